The van der Waals surface area contributed by atoms with E-state index in [1.54, 1.807) is 12.3 Å². The van der Waals surface area contributed by atoms with E-state index in [1.807, 2.05) is 31.2 Å². The lowest BCUT2D eigenvalue weighted by molar-refractivity contribution is 1.02. The molecule has 2 rings (SSSR count). The van der Waals surface area contributed by atoms with Crippen LogP contribution in [0.3, 0.4) is 0 Å². The summed E-state index contributed by atoms with van der Waals surface area (Å²) in [6, 6.07) is 9.50. The molecule has 1 aromatic carbocycles. The van der Waals surface area contributed by atoms with E-state index in [0.717, 1.165) is 16.9 Å². The third-order valence-corrected chi connectivity index (χ3v) is 2.95. The first-order valence-corrected chi connectivity index (χ1v) is 5.74. The number of hydrogen-bond donors (Lipinski definition) is 2. The first-order chi connectivity index (χ1) is 8.18. The third-order valence-electron chi connectivity index (χ3n) is 2.62. The number of pyridine rings is 1. The van der Waals surface area contributed by atoms with Crippen LogP contribution in [0.5, 0.6) is 0 Å². The molecule has 0 spiro atoms. The Labute approximate surface area is 106 Å². The van der Waals surface area contributed by atoms with E-state index < -0.39 is 0 Å². The van der Waals surface area contributed by atoms with Crippen molar-refractivity contribution in [2.45, 2.75) is 13.5 Å². The smallest absolute Gasteiger partial charge is 0.0739 e. The highest BCUT2D eigenvalue weighted by Crippen LogP contribution is 2.27. The highest BCUT2D eigenvalue weighted by molar-refractivity contribution is 6.33. The minimum Gasteiger partial charge on any atom is -0.396 e. The number of nitrogens with two attached hydrogens (primary N) is 1. The molecule has 0 aliphatic rings. The normalized spacial score (nSPS) is 10.2. The van der Waals surface area contributed by atoms with Crippen molar-refractivity contribution in [2.24, 2.45) is 0 Å². The van der Waals surface area contributed by atoms with Crippen LogP contribution in [0.25, 0.3) is 0 Å². The number of halogens is 1. The van der Waals surface area contributed by atoms with Gasteiger partial charge in [0, 0.05) is 6.20 Å². The zero-order valence-corrected chi connectivity index (χ0v) is 10.3. The Bertz CT molecular complexity index is 526. The summed E-state index contributed by atoms with van der Waals surface area (Å²) in [5, 5.41) is 3.80. The maximum atomic E-state index is 5.95. The maximum Gasteiger partial charge on any atom is 0.0739 e. The molecule has 1 heterocycles. The highest BCUT2D eigenvalue weighted by Gasteiger charge is 2.03. The largest absolute Gasteiger partial charge is 0.396 e. The molecule has 0 bridgehead atoms. The van der Waals surface area contributed by atoms with E-state index in [1.165, 1.54) is 0 Å². The van der Waals surface area contributed by atoms with Crippen molar-refractivity contribution in [1.82, 2.24) is 4.98 Å². The van der Waals surface area contributed by atoms with E-state index in [0.29, 0.717) is 17.3 Å². The van der Waals surface area contributed by atoms with Gasteiger partial charge in [0.15, 0.2) is 0 Å². The molecule has 3 nitrogen and oxygen atoms in total. The van der Waals surface area contributed by atoms with Crippen LogP contribution >= 0.6 is 11.6 Å². The Kier molecular flexibility index (Phi) is 3.49. The average molecular weight is 248 g/mol. The number of aryl methyl sites for hydroxylation is 1. The molecular formula is C13H14ClN3. The van der Waals surface area contributed by atoms with Crippen LogP contribution in [0.15, 0.2) is 36.5 Å². The molecule has 4 heteroatoms. The van der Waals surface area contributed by atoms with Gasteiger partial charge in [-0.25, -0.2) is 0 Å². The molecule has 0 atom stereocenters. The number of para-hydroxylation sites is 1. The van der Waals surface area contributed by atoms with Crippen LogP contribution in [0.4, 0.5) is 11.4 Å². The molecule has 0 saturated heterocycles. The van der Waals surface area contributed by atoms with Gasteiger partial charge in [0.1, 0.15) is 0 Å². The lowest BCUT2D eigenvalue weighted by atomic mass is 10.2. The topological polar surface area (TPSA) is 50.9 Å². The van der Waals surface area contributed by atoms with Crippen LogP contribution in [0, 0.1) is 6.92 Å². The lowest BCUT2D eigenvalue weighted by Gasteiger charge is -2.11. The van der Waals surface area contributed by atoms with Crippen molar-refractivity contribution in [3.8, 4) is 0 Å². The van der Waals surface area contributed by atoms with Crippen LogP contribution in [0.2, 0.25) is 5.02 Å². The number of rotatable bonds is 3. The molecule has 2 aromatic rings. The predicted molar refractivity (Wildman–Crippen MR) is 72.2 cm³/mol. The zero-order chi connectivity index (χ0) is 12.3. The van der Waals surface area contributed by atoms with Gasteiger partial charge in [-0.2, -0.15) is 0 Å². The SMILES string of the molecule is Cc1cccnc1CNc1cccc(Cl)c1N. The second-order valence-corrected chi connectivity index (χ2v) is 4.23. The molecule has 1 aromatic heterocycles. The number of anilines is 2. The summed E-state index contributed by atoms with van der Waals surface area (Å²) < 4.78 is 0. The number of benzene rings is 1. The fourth-order valence-corrected chi connectivity index (χ4v) is 1.75. The number of nitrogens with zero attached hydrogens (tertiary/aromatic N) is 1. The molecule has 0 amide bonds. The summed E-state index contributed by atoms with van der Waals surface area (Å²) >= 11 is 5.95. The van der Waals surface area contributed by atoms with Gasteiger partial charge < -0.3 is 11.1 Å². The van der Waals surface area contributed by atoms with Gasteiger partial charge in [0.2, 0.25) is 0 Å². The molecule has 0 saturated carbocycles. The molecule has 3 N–H and O–H groups in total. The van der Waals surface area contributed by atoms with Gasteiger partial charge >= 0.3 is 0 Å². The van der Waals surface area contributed by atoms with Crippen molar-refractivity contribution in [3.05, 3.63) is 52.8 Å². The van der Waals surface area contributed by atoms with Crippen LogP contribution in [-0.4, -0.2) is 4.98 Å². The molecular weight excluding hydrogens is 234 g/mol. The molecule has 0 aliphatic heterocycles. The summed E-state index contributed by atoms with van der Waals surface area (Å²) in [7, 11) is 0. The summed E-state index contributed by atoms with van der Waals surface area (Å²) in [5.41, 5.74) is 9.44. The summed E-state index contributed by atoms with van der Waals surface area (Å²) in [4.78, 5) is 4.31. The lowest BCUT2D eigenvalue weighted by Crippen LogP contribution is -2.05. The average Bonchev–Trinajstić information content (AvgIpc) is 2.33. The van der Waals surface area contributed by atoms with E-state index in [9.17, 15) is 0 Å². The van der Waals surface area contributed by atoms with Gasteiger partial charge in [-0.1, -0.05) is 23.7 Å². The van der Waals surface area contributed by atoms with Gasteiger partial charge in [0.05, 0.1) is 28.6 Å². The van der Waals surface area contributed by atoms with Gasteiger partial charge in [-0.3, -0.25) is 4.98 Å². The van der Waals surface area contributed by atoms with Crippen molar-refractivity contribution >= 4 is 23.0 Å². The van der Waals surface area contributed by atoms with Gasteiger partial charge in [-0.15, -0.1) is 0 Å². The molecule has 88 valence electrons. The summed E-state index contributed by atoms with van der Waals surface area (Å²) in [5.74, 6) is 0. The van der Waals surface area contributed by atoms with Crippen molar-refractivity contribution in [2.75, 3.05) is 11.1 Å². The van der Waals surface area contributed by atoms with Crippen LogP contribution in [-0.2, 0) is 6.54 Å². The Morgan fingerprint density at radius 2 is 2.12 bits per heavy atom. The Hall–Kier alpha value is -1.74. The van der Waals surface area contributed by atoms with E-state index >= 15 is 0 Å². The number of nitrogen functional groups attached to an aromatic ring is 1. The zero-order valence-electron chi connectivity index (χ0n) is 9.57. The molecule has 0 fully saturated rings. The van der Waals surface area contributed by atoms with Gasteiger partial charge in [-0.05, 0) is 30.7 Å². The van der Waals surface area contributed by atoms with Crippen LogP contribution in [0.1, 0.15) is 11.3 Å². The van der Waals surface area contributed by atoms with E-state index in [2.05, 4.69) is 10.3 Å². The first kappa shape index (κ1) is 11.7. The highest BCUT2D eigenvalue weighted by atomic mass is 35.5. The second-order valence-electron chi connectivity index (χ2n) is 3.82. The van der Waals surface area contributed by atoms with E-state index in [4.69, 9.17) is 17.3 Å². The predicted octanol–water partition coefficient (Wildman–Crippen LogP) is 3.24. The maximum absolute atomic E-state index is 5.95. The minimum absolute atomic E-state index is 0.563. The fourth-order valence-electron chi connectivity index (χ4n) is 1.57. The second kappa shape index (κ2) is 5.06. The van der Waals surface area contributed by atoms with Crippen LogP contribution < -0.4 is 11.1 Å². The number of aromatic nitrogens is 1. The summed E-state index contributed by atoms with van der Waals surface area (Å²) in [6.45, 7) is 2.67. The Balaban J connectivity index is 2.13. The Morgan fingerprint density at radius 3 is 2.88 bits per heavy atom. The summed E-state index contributed by atoms with van der Waals surface area (Å²) in [6.07, 6.45) is 1.78. The molecule has 0 unspecified atom stereocenters. The Morgan fingerprint density at radius 1 is 1.29 bits per heavy atom. The van der Waals surface area contributed by atoms with E-state index in [-0.39, 0.29) is 0 Å². The number of nitrogens with one attached hydrogen (secondary N) is 1. The standard InChI is InChI=1S/C13H14ClN3/c1-9-4-3-7-16-12(9)8-17-11-6-2-5-10(14)13(11)15/h2-7,17H,8,15H2,1H3. The molecule has 0 aliphatic carbocycles. The molecule has 17 heavy (non-hydrogen) atoms. The minimum atomic E-state index is 0.563. The first-order valence-electron chi connectivity index (χ1n) is 5.37. The monoisotopic (exact) mass is 247 g/mol. The van der Waals surface area contributed by atoms with Crippen molar-refractivity contribution in [1.29, 1.82) is 0 Å². The fraction of sp³-hybridized carbons (Fsp3) is 0.154. The van der Waals surface area contributed by atoms with Gasteiger partial charge in [0.25, 0.3) is 0 Å². The number of hydrogen-bond acceptors (Lipinski definition) is 3. The van der Waals surface area contributed by atoms with Crippen molar-refractivity contribution < 1.29 is 0 Å². The molecule has 0 radical (unpaired) electrons. The van der Waals surface area contributed by atoms with Crippen molar-refractivity contribution in [3.63, 3.8) is 0 Å². The third kappa shape index (κ3) is 2.68. The quantitative estimate of drug-likeness (QED) is 0.819.